The summed E-state index contributed by atoms with van der Waals surface area (Å²) in [6, 6.07) is 11.2. The second-order valence-electron chi connectivity index (χ2n) is 7.46. The maximum atomic E-state index is 14.3. The number of benzene rings is 2. The van der Waals surface area contributed by atoms with E-state index in [0.717, 1.165) is 22.7 Å². The van der Waals surface area contributed by atoms with Gasteiger partial charge < -0.3 is 0 Å². The summed E-state index contributed by atoms with van der Waals surface area (Å²) in [5.41, 5.74) is 6.84. The molecule has 7 heteroatoms. The SMILES string of the molecule is Cc1ccc(C)c(CSc2nc3nc(C)c(Cc4c(F)cccc4Cl)c(C)n3n2)c1. The van der Waals surface area contributed by atoms with Crippen molar-refractivity contribution < 1.29 is 4.39 Å². The average molecular weight is 441 g/mol. The molecule has 0 radical (unpaired) electrons. The van der Waals surface area contributed by atoms with Gasteiger partial charge in [-0.3, -0.25) is 0 Å². The predicted octanol–water partition coefficient (Wildman–Crippen LogP) is 6.03. The minimum atomic E-state index is -0.315. The zero-order valence-electron chi connectivity index (χ0n) is 17.3. The van der Waals surface area contributed by atoms with Gasteiger partial charge in [-0.05, 0) is 56.5 Å². The van der Waals surface area contributed by atoms with Crippen molar-refractivity contribution >= 4 is 29.1 Å². The zero-order chi connectivity index (χ0) is 21.4. The van der Waals surface area contributed by atoms with E-state index in [-0.39, 0.29) is 5.82 Å². The van der Waals surface area contributed by atoms with Gasteiger partial charge in [0.2, 0.25) is 5.16 Å². The van der Waals surface area contributed by atoms with Crippen LogP contribution in [0.5, 0.6) is 0 Å². The lowest BCUT2D eigenvalue weighted by molar-refractivity contribution is 0.613. The number of fused-ring (bicyclic) bond motifs is 1. The number of aryl methyl sites for hydroxylation is 4. The molecule has 0 aliphatic rings. The van der Waals surface area contributed by atoms with Crippen molar-refractivity contribution in [3.8, 4) is 0 Å². The van der Waals surface area contributed by atoms with Crippen LogP contribution in [-0.4, -0.2) is 19.6 Å². The van der Waals surface area contributed by atoms with Crippen molar-refractivity contribution in [3.05, 3.63) is 86.4 Å². The molecular weight excluding hydrogens is 419 g/mol. The number of nitrogens with zero attached hydrogens (tertiary/aromatic N) is 4. The fourth-order valence-electron chi connectivity index (χ4n) is 3.48. The van der Waals surface area contributed by atoms with E-state index in [4.69, 9.17) is 11.6 Å². The first-order valence-electron chi connectivity index (χ1n) is 9.68. The third-order valence-corrected chi connectivity index (χ3v) is 6.55. The fourth-order valence-corrected chi connectivity index (χ4v) is 4.59. The van der Waals surface area contributed by atoms with Crippen molar-refractivity contribution in [2.75, 3.05) is 0 Å². The van der Waals surface area contributed by atoms with Gasteiger partial charge >= 0.3 is 0 Å². The highest BCUT2D eigenvalue weighted by Gasteiger charge is 2.17. The van der Waals surface area contributed by atoms with Gasteiger partial charge in [0, 0.05) is 34.1 Å². The summed E-state index contributed by atoms with van der Waals surface area (Å²) < 4.78 is 16.0. The Bertz CT molecular complexity index is 1230. The second-order valence-corrected chi connectivity index (χ2v) is 8.81. The molecule has 0 atom stereocenters. The van der Waals surface area contributed by atoms with Crippen LogP contribution in [0.4, 0.5) is 4.39 Å². The number of aromatic nitrogens is 4. The second kappa shape index (κ2) is 8.36. The Morgan fingerprint density at radius 2 is 1.83 bits per heavy atom. The Kier molecular flexibility index (Phi) is 5.80. The lowest BCUT2D eigenvalue weighted by Gasteiger charge is -2.12. The summed E-state index contributed by atoms with van der Waals surface area (Å²) in [5, 5.41) is 5.73. The quantitative estimate of drug-likeness (QED) is 0.355. The van der Waals surface area contributed by atoms with Gasteiger partial charge in [-0.2, -0.15) is 4.98 Å². The number of halogens is 2. The molecular formula is C23H22ClFN4S. The van der Waals surface area contributed by atoms with Crippen LogP contribution in [0.25, 0.3) is 5.78 Å². The molecule has 154 valence electrons. The maximum Gasteiger partial charge on any atom is 0.253 e. The van der Waals surface area contributed by atoms with Crippen LogP contribution in [0.15, 0.2) is 41.6 Å². The molecule has 0 aliphatic carbocycles. The van der Waals surface area contributed by atoms with E-state index in [1.165, 1.54) is 22.8 Å². The smallest absolute Gasteiger partial charge is 0.216 e. The molecule has 2 aromatic heterocycles. The summed E-state index contributed by atoms with van der Waals surface area (Å²) in [4.78, 5) is 9.20. The molecule has 0 saturated carbocycles. The van der Waals surface area contributed by atoms with Gasteiger partial charge in [0.05, 0.1) is 0 Å². The first-order chi connectivity index (χ1) is 14.3. The number of thioether (sulfide) groups is 1. The summed E-state index contributed by atoms with van der Waals surface area (Å²) in [6.07, 6.45) is 0.358. The fraction of sp³-hybridized carbons (Fsp3) is 0.261. The van der Waals surface area contributed by atoms with E-state index in [1.54, 1.807) is 28.4 Å². The topological polar surface area (TPSA) is 43.1 Å². The number of rotatable bonds is 5. The molecule has 0 bridgehead atoms. The van der Waals surface area contributed by atoms with E-state index in [9.17, 15) is 4.39 Å². The van der Waals surface area contributed by atoms with Crippen molar-refractivity contribution in [2.24, 2.45) is 0 Å². The molecule has 4 nitrogen and oxygen atoms in total. The van der Waals surface area contributed by atoms with Gasteiger partial charge in [0.15, 0.2) is 0 Å². The summed E-state index contributed by atoms with van der Waals surface area (Å²) in [5.74, 6) is 1.03. The molecule has 4 aromatic rings. The van der Waals surface area contributed by atoms with Crippen LogP contribution in [-0.2, 0) is 12.2 Å². The molecule has 0 amide bonds. The molecule has 0 N–H and O–H groups in total. The molecule has 30 heavy (non-hydrogen) atoms. The zero-order valence-corrected chi connectivity index (χ0v) is 18.9. The minimum absolute atomic E-state index is 0.315. The predicted molar refractivity (Wildman–Crippen MR) is 120 cm³/mol. The standard InChI is InChI=1S/C23H22ClFN4S/c1-13-8-9-14(2)17(10-13)12-30-23-27-22-26-15(3)18(16(4)29(22)28-23)11-19-20(24)6-5-7-21(19)25/h5-10H,11-12H2,1-4H3. The van der Waals surface area contributed by atoms with E-state index in [0.29, 0.717) is 27.9 Å². The minimum Gasteiger partial charge on any atom is -0.216 e. The van der Waals surface area contributed by atoms with E-state index in [2.05, 4.69) is 47.1 Å². The average Bonchev–Trinajstić information content (AvgIpc) is 3.11. The Morgan fingerprint density at radius 3 is 2.60 bits per heavy atom. The largest absolute Gasteiger partial charge is 0.253 e. The first kappa shape index (κ1) is 20.8. The molecule has 0 saturated heterocycles. The van der Waals surface area contributed by atoms with Gasteiger partial charge in [0.1, 0.15) is 5.82 Å². The normalized spacial score (nSPS) is 11.4. The summed E-state index contributed by atoms with van der Waals surface area (Å²) >= 11 is 7.82. The molecule has 0 fully saturated rings. The van der Waals surface area contributed by atoms with Gasteiger partial charge in [-0.25, -0.2) is 13.9 Å². The monoisotopic (exact) mass is 440 g/mol. The maximum absolute atomic E-state index is 14.3. The van der Waals surface area contributed by atoms with Crippen molar-refractivity contribution in [2.45, 2.75) is 45.0 Å². The van der Waals surface area contributed by atoms with E-state index >= 15 is 0 Å². The Morgan fingerprint density at radius 1 is 1.03 bits per heavy atom. The van der Waals surface area contributed by atoms with Crippen molar-refractivity contribution in [1.82, 2.24) is 19.6 Å². The molecule has 2 heterocycles. The Hall–Kier alpha value is -2.44. The van der Waals surface area contributed by atoms with Crippen LogP contribution >= 0.6 is 23.4 Å². The summed E-state index contributed by atoms with van der Waals surface area (Å²) in [6.45, 7) is 8.08. The van der Waals surface area contributed by atoms with Crippen LogP contribution in [0, 0.1) is 33.5 Å². The number of hydrogen-bond donors (Lipinski definition) is 0. The van der Waals surface area contributed by atoms with E-state index in [1.807, 2.05) is 13.8 Å². The third kappa shape index (κ3) is 4.07. The van der Waals surface area contributed by atoms with Crippen LogP contribution < -0.4 is 0 Å². The molecule has 2 aromatic carbocycles. The summed E-state index contributed by atoms with van der Waals surface area (Å²) in [7, 11) is 0. The van der Waals surface area contributed by atoms with Crippen molar-refractivity contribution in [3.63, 3.8) is 0 Å². The Labute approximate surface area is 184 Å². The first-order valence-corrected chi connectivity index (χ1v) is 11.0. The number of hydrogen-bond acceptors (Lipinski definition) is 4. The molecule has 0 spiro atoms. The van der Waals surface area contributed by atoms with Gasteiger partial charge in [-0.1, -0.05) is 53.2 Å². The molecule has 0 aliphatic heterocycles. The third-order valence-electron chi connectivity index (χ3n) is 5.31. The highest BCUT2D eigenvalue weighted by molar-refractivity contribution is 7.98. The van der Waals surface area contributed by atoms with Crippen LogP contribution in [0.3, 0.4) is 0 Å². The van der Waals surface area contributed by atoms with Crippen LogP contribution in [0.1, 0.15) is 39.2 Å². The highest BCUT2D eigenvalue weighted by Crippen LogP contribution is 2.27. The molecule has 0 unspecified atom stereocenters. The molecule has 4 rings (SSSR count). The van der Waals surface area contributed by atoms with Crippen molar-refractivity contribution in [1.29, 1.82) is 0 Å². The van der Waals surface area contributed by atoms with Gasteiger partial charge in [0.25, 0.3) is 5.78 Å². The highest BCUT2D eigenvalue weighted by atomic mass is 35.5. The Balaban J connectivity index is 1.65. The van der Waals surface area contributed by atoms with E-state index < -0.39 is 0 Å². The van der Waals surface area contributed by atoms with Gasteiger partial charge in [-0.15, -0.1) is 5.10 Å². The lowest BCUT2D eigenvalue weighted by atomic mass is 10.0. The lowest BCUT2D eigenvalue weighted by Crippen LogP contribution is -2.07. The van der Waals surface area contributed by atoms with Crippen LogP contribution in [0.2, 0.25) is 5.02 Å².